The fourth-order valence-corrected chi connectivity index (χ4v) is 2.30. The van der Waals surface area contributed by atoms with Crippen LogP contribution in [-0.4, -0.2) is 35.1 Å². The summed E-state index contributed by atoms with van der Waals surface area (Å²) in [6, 6.07) is 4.13. The molecule has 1 aromatic rings. The van der Waals surface area contributed by atoms with Crippen molar-refractivity contribution in [3.8, 4) is 0 Å². The first-order valence-electron chi connectivity index (χ1n) is 5.70. The third-order valence-corrected chi connectivity index (χ3v) is 3.36. The molecule has 0 spiro atoms. The lowest BCUT2D eigenvalue weighted by Gasteiger charge is -2.24. The first kappa shape index (κ1) is 13.9. The molecule has 1 amide bonds. The molecule has 0 aromatic carbocycles. The fourth-order valence-electron chi connectivity index (χ4n) is 1.52. The highest BCUT2D eigenvalue weighted by atomic mass is 32.1. The minimum Gasteiger partial charge on any atom is -0.395 e. The largest absolute Gasteiger partial charge is 0.395 e. The van der Waals surface area contributed by atoms with Crippen LogP contribution >= 0.6 is 11.3 Å². The summed E-state index contributed by atoms with van der Waals surface area (Å²) in [6.45, 7) is 6.30. The van der Waals surface area contributed by atoms with Crippen LogP contribution in [0.25, 0.3) is 6.08 Å². The molecule has 0 fully saturated rings. The van der Waals surface area contributed by atoms with Crippen molar-refractivity contribution >= 4 is 23.3 Å². The number of thiophene rings is 1. The summed E-state index contributed by atoms with van der Waals surface area (Å²) in [5, 5.41) is 8.91. The van der Waals surface area contributed by atoms with Gasteiger partial charge >= 0.3 is 0 Å². The molecule has 0 saturated carbocycles. The van der Waals surface area contributed by atoms with E-state index >= 15 is 0 Å². The molecule has 4 heteroatoms. The summed E-state index contributed by atoms with van der Waals surface area (Å²) >= 11 is 1.66. The van der Waals surface area contributed by atoms with Crippen LogP contribution in [0.2, 0.25) is 0 Å². The summed E-state index contributed by atoms with van der Waals surface area (Å²) in [6.07, 6.45) is 3.40. The number of hydrogen-bond donors (Lipinski definition) is 1. The number of aliphatic hydroxyl groups is 1. The number of carbonyl (C=O) groups is 1. The lowest BCUT2D eigenvalue weighted by Crippen LogP contribution is -2.37. The van der Waals surface area contributed by atoms with Gasteiger partial charge in [0.2, 0.25) is 5.91 Å². The lowest BCUT2D eigenvalue weighted by molar-refractivity contribution is -0.128. The van der Waals surface area contributed by atoms with E-state index in [1.165, 1.54) is 4.88 Å². The molecule has 0 aliphatic rings. The van der Waals surface area contributed by atoms with Crippen molar-refractivity contribution in [2.45, 2.75) is 26.8 Å². The van der Waals surface area contributed by atoms with Gasteiger partial charge in [0.1, 0.15) is 0 Å². The molecule has 0 saturated heterocycles. The van der Waals surface area contributed by atoms with Gasteiger partial charge in [-0.1, -0.05) is 0 Å². The smallest absolute Gasteiger partial charge is 0.246 e. The van der Waals surface area contributed by atoms with E-state index < -0.39 is 0 Å². The van der Waals surface area contributed by atoms with E-state index in [4.69, 9.17) is 5.11 Å². The third kappa shape index (κ3) is 4.32. The van der Waals surface area contributed by atoms with Crippen molar-refractivity contribution in [3.05, 3.63) is 28.0 Å². The highest BCUT2D eigenvalue weighted by Crippen LogP contribution is 2.16. The molecule has 1 heterocycles. The second-order valence-corrected chi connectivity index (χ2v) is 5.45. The standard InChI is InChI=1S/C13H19NO2S/c1-10(2)14(8-9-15)13(16)7-6-12-5-4-11(3)17-12/h4-7,10,15H,8-9H2,1-3H3/b7-6+. The Morgan fingerprint density at radius 2 is 2.24 bits per heavy atom. The van der Waals surface area contributed by atoms with Gasteiger partial charge in [0.25, 0.3) is 0 Å². The molecule has 0 atom stereocenters. The number of hydrogen-bond acceptors (Lipinski definition) is 3. The van der Waals surface area contributed by atoms with E-state index in [2.05, 4.69) is 0 Å². The highest BCUT2D eigenvalue weighted by Gasteiger charge is 2.13. The summed E-state index contributed by atoms with van der Waals surface area (Å²) in [7, 11) is 0. The van der Waals surface area contributed by atoms with Gasteiger partial charge in [-0.2, -0.15) is 0 Å². The van der Waals surface area contributed by atoms with Gasteiger partial charge in [0.05, 0.1) is 6.61 Å². The van der Waals surface area contributed by atoms with E-state index in [9.17, 15) is 4.79 Å². The molecule has 1 rings (SSSR count). The molecule has 0 bridgehead atoms. The Morgan fingerprint density at radius 3 is 2.71 bits per heavy atom. The average Bonchev–Trinajstić information content (AvgIpc) is 2.68. The molecule has 0 radical (unpaired) electrons. The van der Waals surface area contributed by atoms with Crippen molar-refractivity contribution in [1.29, 1.82) is 0 Å². The summed E-state index contributed by atoms with van der Waals surface area (Å²) in [4.78, 5) is 15.8. The lowest BCUT2D eigenvalue weighted by atomic mass is 10.3. The van der Waals surface area contributed by atoms with Crippen LogP contribution in [0.4, 0.5) is 0 Å². The fraction of sp³-hybridized carbons (Fsp3) is 0.462. The first-order chi connectivity index (χ1) is 8.04. The molecule has 0 aliphatic heterocycles. The second-order valence-electron chi connectivity index (χ2n) is 4.13. The number of nitrogens with zero attached hydrogens (tertiary/aromatic N) is 1. The number of amides is 1. The first-order valence-corrected chi connectivity index (χ1v) is 6.52. The SMILES string of the molecule is Cc1ccc(/C=C/C(=O)N(CCO)C(C)C)s1. The zero-order valence-electron chi connectivity index (χ0n) is 10.5. The number of aliphatic hydroxyl groups excluding tert-OH is 1. The molecule has 1 N–H and O–H groups in total. The molecule has 0 aliphatic carbocycles. The van der Waals surface area contributed by atoms with Crippen molar-refractivity contribution < 1.29 is 9.90 Å². The van der Waals surface area contributed by atoms with Gasteiger partial charge in [-0.05, 0) is 39.0 Å². The van der Waals surface area contributed by atoms with Crippen molar-refractivity contribution in [1.82, 2.24) is 4.90 Å². The number of carbonyl (C=O) groups excluding carboxylic acids is 1. The van der Waals surface area contributed by atoms with E-state index in [1.54, 1.807) is 22.3 Å². The van der Waals surface area contributed by atoms with E-state index in [-0.39, 0.29) is 18.6 Å². The van der Waals surface area contributed by atoms with Crippen LogP contribution in [0, 0.1) is 6.92 Å². The van der Waals surface area contributed by atoms with Gasteiger partial charge in [0, 0.05) is 28.4 Å². The molecule has 3 nitrogen and oxygen atoms in total. The van der Waals surface area contributed by atoms with Crippen LogP contribution in [-0.2, 0) is 4.79 Å². The maximum Gasteiger partial charge on any atom is 0.246 e. The Morgan fingerprint density at radius 1 is 1.53 bits per heavy atom. The minimum atomic E-state index is -0.0555. The molecule has 0 unspecified atom stereocenters. The number of aryl methyl sites for hydroxylation is 1. The summed E-state index contributed by atoms with van der Waals surface area (Å²) in [5.74, 6) is -0.0555. The Kier molecular flexibility index (Phi) is 5.38. The Hall–Kier alpha value is -1.13. The zero-order chi connectivity index (χ0) is 12.8. The monoisotopic (exact) mass is 253 g/mol. The molecular weight excluding hydrogens is 234 g/mol. The molecular formula is C13H19NO2S. The molecule has 94 valence electrons. The van der Waals surface area contributed by atoms with Gasteiger partial charge in [-0.25, -0.2) is 0 Å². The molecule has 17 heavy (non-hydrogen) atoms. The predicted molar refractivity (Wildman–Crippen MR) is 72.0 cm³/mol. The van der Waals surface area contributed by atoms with Gasteiger partial charge in [-0.3, -0.25) is 4.79 Å². The Labute approximate surface area is 106 Å². The van der Waals surface area contributed by atoms with Crippen molar-refractivity contribution in [3.63, 3.8) is 0 Å². The quantitative estimate of drug-likeness (QED) is 0.818. The van der Waals surface area contributed by atoms with Crippen molar-refractivity contribution in [2.24, 2.45) is 0 Å². The highest BCUT2D eigenvalue weighted by molar-refractivity contribution is 7.12. The van der Waals surface area contributed by atoms with Crippen LogP contribution in [0.1, 0.15) is 23.6 Å². The summed E-state index contributed by atoms with van der Waals surface area (Å²) < 4.78 is 0. The minimum absolute atomic E-state index is 0.00410. The van der Waals surface area contributed by atoms with Gasteiger partial charge in [-0.15, -0.1) is 11.3 Å². The van der Waals surface area contributed by atoms with Crippen LogP contribution in [0.5, 0.6) is 0 Å². The zero-order valence-corrected chi connectivity index (χ0v) is 11.3. The van der Waals surface area contributed by atoms with Crippen LogP contribution in [0.15, 0.2) is 18.2 Å². The van der Waals surface area contributed by atoms with E-state index in [1.807, 2.05) is 39.0 Å². The summed E-state index contributed by atoms with van der Waals surface area (Å²) in [5.41, 5.74) is 0. The van der Waals surface area contributed by atoms with Crippen LogP contribution in [0.3, 0.4) is 0 Å². The maximum atomic E-state index is 11.9. The number of rotatable bonds is 5. The molecule has 1 aromatic heterocycles. The third-order valence-electron chi connectivity index (χ3n) is 2.40. The van der Waals surface area contributed by atoms with Crippen molar-refractivity contribution in [2.75, 3.05) is 13.2 Å². The van der Waals surface area contributed by atoms with Gasteiger partial charge < -0.3 is 10.0 Å². The predicted octanol–water partition coefficient (Wildman–Crippen LogP) is 2.30. The van der Waals surface area contributed by atoms with E-state index in [0.29, 0.717) is 6.54 Å². The maximum absolute atomic E-state index is 11.9. The Balaban J connectivity index is 2.66. The topological polar surface area (TPSA) is 40.5 Å². The second kappa shape index (κ2) is 6.57. The van der Waals surface area contributed by atoms with Crippen LogP contribution < -0.4 is 0 Å². The van der Waals surface area contributed by atoms with Gasteiger partial charge in [0.15, 0.2) is 0 Å². The average molecular weight is 253 g/mol. The Bertz CT molecular complexity index is 396. The normalized spacial score (nSPS) is 11.4. The van der Waals surface area contributed by atoms with E-state index in [0.717, 1.165) is 4.88 Å².